The second-order valence-corrected chi connectivity index (χ2v) is 7.32. The van der Waals surface area contributed by atoms with E-state index in [1.165, 1.54) is 11.1 Å². The number of nitrogens with one attached hydrogen (secondary N) is 1. The van der Waals surface area contributed by atoms with Crippen molar-refractivity contribution in [3.63, 3.8) is 0 Å². The topological polar surface area (TPSA) is 109 Å². The van der Waals surface area contributed by atoms with Crippen LogP contribution in [0.1, 0.15) is 43.5 Å². The molecule has 1 aromatic heterocycles. The first-order chi connectivity index (χ1) is 13.4. The van der Waals surface area contributed by atoms with Crippen LogP contribution in [0.3, 0.4) is 0 Å². The zero-order chi connectivity index (χ0) is 19.9. The predicted molar refractivity (Wildman–Crippen MR) is 100 cm³/mol. The lowest BCUT2D eigenvalue weighted by Crippen LogP contribution is -2.40. The van der Waals surface area contributed by atoms with Gasteiger partial charge in [-0.05, 0) is 38.8 Å². The van der Waals surface area contributed by atoms with E-state index in [0.717, 1.165) is 25.7 Å². The van der Waals surface area contributed by atoms with Gasteiger partial charge in [-0.25, -0.2) is 0 Å². The normalized spacial score (nSPS) is 16.9. The summed E-state index contributed by atoms with van der Waals surface area (Å²) in [7, 11) is 0. The number of rotatable bonds is 4. The standard InChI is InChI=1S/C19H22N4O5/c1-12-18(23(25)26)13(2)22(21-12)11-17(24)20-14-6-7-15-16(10-14)28-19(27-15)8-4-3-5-9-19/h6-7,10H,3-5,8-9,11H2,1-2H3,(H,20,24). The molecule has 0 saturated heterocycles. The van der Waals surface area contributed by atoms with Crippen LogP contribution in [-0.2, 0) is 11.3 Å². The number of hydrogen-bond acceptors (Lipinski definition) is 6. The van der Waals surface area contributed by atoms with E-state index in [1.54, 1.807) is 32.0 Å². The summed E-state index contributed by atoms with van der Waals surface area (Å²) in [4.78, 5) is 23.0. The third-order valence-corrected chi connectivity index (χ3v) is 5.25. The molecule has 2 aliphatic rings. The summed E-state index contributed by atoms with van der Waals surface area (Å²) in [5.74, 6) is 0.425. The zero-order valence-electron chi connectivity index (χ0n) is 15.9. The van der Waals surface area contributed by atoms with E-state index < -0.39 is 10.7 Å². The Morgan fingerprint density at radius 3 is 2.64 bits per heavy atom. The van der Waals surface area contributed by atoms with Gasteiger partial charge < -0.3 is 14.8 Å². The van der Waals surface area contributed by atoms with Crippen LogP contribution in [0.5, 0.6) is 11.5 Å². The monoisotopic (exact) mass is 386 g/mol. The van der Waals surface area contributed by atoms with Crippen LogP contribution in [0.2, 0.25) is 0 Å². The maximum atomic E-state index is 12.4. The second-order valence-electron chi connectivity index (χ2n) is 7.32. The lowest BCUT2D eigenvalue weighted by Gasteiger charge is -2.31. The molecule has 0 unspecified atom stereocenters. The highest BCUT2D eigenvalue weighted by atomic mass is 16.7. The maximum absolute atomic E-state index is 12.4. The molecule has 9 nitrogen and oxygen atoms in total. The number of carbonyl (C=O) groups excluding carboxylic acids is 1. The Bertz CT molecular complexity index is 946. The SMILES string of the molecule is Cc1nn(CC(=O)Nc2ccc3c(c2)OC2(CCCCC2)O3)c(C)c1[N+](=O)[O-]. The van der Waals surface area contributed by atoms with Gasteiger partial charge >= 0.3 is 5.69 Å². The molecular weight excluding hydrogens is 364 g/mol. The summed E-state index contributed by atoms with van der Waals surface area (Å²) in [5.41, 5.74) is 1.16. The molecule has 1 amide bonds. The summed E-state index contributed by atoms with van der Waals surface area (Å²) < 4.78 is 13.4. The minimum absolute atomic E-state index is 0.0614. The van der Waals surface area contributed by atoms with Crippen molar-refractivity contribution in [2.75, 3.05) is 5.32 Å². The Morgan fingerprint density at radius 2 is 1.96 bits per heavy atom. The van der Waals surface area contributed by atoms with Crippen molar-refractivity contribution in [3.8, 4) is 11.5 Å². The first kappa shape index (κ1) is 18.3. The van der Waals surface area contributed by atoms with E-state index in [-0.39, 0.29) is 23.8 Å². The quantitative estimate of drug-likeness (QED) is 0.636. The average molecular weight is 386 g/mol. The molecule has 2 heterocycles. The van der Waals surface area contributed by atoms with E-state index >= 15 is 0 Å². The first-order valence-electron chi connectivity index (χ1n) is 9.37. The molecule has 1 aromatic carbocycles. The molecule has 28 heavy (non-hydrogen) atoms. The molecule has 148 valence electrons. The van der Waals surface area contributed by atoms with Gasteiger partial charge in [-0.15, -0.1) is 0 Å². The second kappa shape index (κ2) is 6.81. The molecule has 1 aliphatic carbocycles. The van der Waals surface area contributed by atoms with E-state index in [0.29, 0.717) is 22.9 Å². The van der Waals surface area contributed by atoms with Gasteiger partial charge in [-0.2, -0.15) is 5.10 Å². The molecule has 4 rings (SSSR count). The highest BCUT2D eigenvalue weighted by molar-refractivity contribution is 5.91. The van der Waals surface area contributed by atoms with Crippen LogP contribution < -0.4 is 14.8 Å². The molecule has 1 aliphatic heterocycles. The van der Waals surface area contributed by atoms with Crippen molar-refractivity contribution >= 4 is 17.3 Å². The first-order valence-corrected chi connectivity index (χ1v) is 9.37. The number of nitrogens with zero attached hydrogens (tertiary/aromatic N) is 3. The molecule has 1 spiro atoms. The largest absolute Gasteiger partial charge is 0.448 e. The lowest BCUT2D eigenvalue weighted by atomic mass is 9.94. The van der Waals surface area contributed by atoms with Crippen molar-refractivity contribution in [2.24, 2.45) is 0 Å². The Balaban J connectivity index is 1.45. The van der Waals surface area contributed by atoms with Crippen molar-refractivity contribution in [1.29, 1.82) is 0 Å². The summed E-state index contributed by atoms with van der Waals surface area (Å²) in [6.45, 7) is 3.02. The van der Waals surface area contributed by atoms with Gasteiger partial charge in [-0.1, -0.05) is 6.42 Å². The molecule has 0 bridgehead atoms. The van der Waals surface area contributed by atoms with Gasteiger partial charge in [0.1, 0.15) is 17.9 Å². The third kappa shape index (κ3) is 3.28. The highest BCUT2D eigenvalue weighted by Crippen LogP contribution is 2.46. The van der Waals surface area contributed by atoms with Gasteiger partial charge in [0, 0.05) is 24.6 Å². The summed E-state index contributed by atoms with van der Waals surface area (Å²) in [6.07, 6.45) is 5.06. The number of benzene rings is 1. The number of aromatic nitrogens is 2. The summed E-state index contributed by atoms with van der Waals surface area (Å²) in [6, 6.07) is 5.30. The molecule has 2 aromatic rings. The number of amides is 1. The Hall–Kier alpha value is -3.10. The molecule has 1 saturated carbocycles. The number of hydrogen-bond donors (Lipinski definition) is 1. The Morgan fingerprint density at radius 1 is 1.25 bits per heavy atom. The van der Waals surface area contributed by atoms with Gasteiger partial charge in [0.25, 0.3) is 5.79 Å². The number of nitro groups is 1. The van der Waals surface area contributed by atoms with Crippen LogP contribution in [-0.4, -0.2) is 26.4 Å². The van der Waals surface area contributed by atoms with Gasteiger partial charge in [0.15, 0.2) is 11.5 Å². The molecule has 0 radical (unpaired) electrons. The van der Waals surface area contributed by atoms with Crippen molar-refractivity contribution in [2.45, 2.75) is 58.3 Å². The minimum Gasteiger partial charge on any atom is -0.448 e. The summed E-state index contributed by atoms with van der Waals surface area (Å²) >= 11 is 0. The fraction of sp³-hybridized carbons (Fsp3) is 0.474. The highest BCUT2D eigenvalue weighted by Gasteiger charge is 2.42. The Kier molecular flexibility index (Phi) is 4.44. The van der Waals surface area contributed by atoms with E-state index in [9.17, 15) is 14.9 Å². The molecule has 1 fully saturated rings. The van der Waals surface area contributed by atoms with Crippen LogP contribution in [0.4, 0.5) is 11.4 Å². The fourth-order valence-corrected chi connectivity index (χ4v) is 3.91. The number of carbonyl (C=O) groups is 1. The van der Waals surface area contributed by atoms with Gasteiger partial charge in [-0.3, -0.25) is 19.6 Å². The van der Waals surface area contributed by atoms with Crippen molar-refractivity contribution < 1.29 is 19.2 Å². The third-order valence-electron chi connectivity index (χ3n) is 5.25. The zero-order valence-corrected chi connectivity index (χ0v) is 15.9. The van der Waals surface area contributed by atoms with Crippen LogP contribution in [0.25, 0.3) is 0 Å². The smallest absolute Gasteiger partial charge is 0.312 e. The molecule has 0 atom stereocenters. The summed E-state index contributed by atoms with van der Waals surface area (Å²) in [5, 5.41) is 18.0. The maximum Gasteiger partial charge on any atom is 0.312 e. The van der Waals surface area contributed by atoms with Crippen LogP contribution >= 0.6 is 0 Å². The molecule has 1 N–H and O–H groups in total. The average Bonchev–Trinajstić information content (AvgIpc) is 3.11. The number of aryl methyl sites for hydroxylation is 1. The Labute approximate surface area is 161 Å². The number of fused-ring (bicyclic) bond motifs is 1. The van der Waals surface area contributed by atoms with Crippen LogP contribution in [0, 0.1) is 24.0 Å². The van der Waals surface area contributed by atoms with Gasteiger partial charge in [0.05, 0.1) is 4.92 Å². The van der Waals surface area contributed by atoms with Crippen LogP contribution in [0.15, 0.2) is 18.2 Å². The minimum atomic E-state index is -0.564. The van der Waals surface area contributed by atoms with Crippen molar-refractivity contribution in [1.82, 2.24) is 9.78 Å². The molecular formula is C19H22N4O5. The fourth-order valence-electron chi connectivity index (χ4n) is 3.91. The van der Waals surface area contributed by atoms with Gasteiger partial charge in [0.2, 0.25) is 5.91 Å². The van der Waals surface area contributed by atoms with E-state index in [1.807, 2.05) is 0 Å². The number of ether oxygens (including phenoxy) is 2. The van der Waals surface area contributed by atoms with E-state index in [4.69, 9.17) is 9.47 Å². The van der Waals surface area contributed by atoms with E-state index in [2.05, 4.69) is 10.4 Å². The number of anilines is 1. The lowest BCUT2D eigenvalue weighted by molar-refractivity contribution is -0.386. The molecule has 9 heteroatoms. The predicted octanol–water partition coefficient (Wildman–Crippen LogP) is 3.48. The van der Waals surface area contributed by atoms with Crippen molar-refractivity contribution in [3.05, 3.63) is 39.7 Å².